The first-order chi connectivity index (χ1) is 11.5. The standard InChI is InChI=1S/C15H20N4O3S2.ClH/c1-9(20)17-7-10-3-4-13(22-10)12-8-24-15(18-12)19-14(21)11(16)5-6-23-2;/h3-4,8,11H,5-7,16H2,1-2H3,(H,17,20)(H,18,19,21);1H. The number of thioether (sulfide) groups is 1. The number of nitrogens with zero attached hydrogens (tertiary/aromatic N) is 1. The number of hydrogen-bond donors (Lipinski definition) is 3. The van der Waals surface area contributed by atoms with Gasteiger partial charge in [0.2, 0.25) is 11.8 Å². The van der Waals surface area contributed by atoms with E-state index in [9.17, 15) is 9.59 Å². The minimum atomic E-state index is -0.544. The van der Waals surface area contributed by atoms with E-state index >= 15 is 0 Å². The van der Waals surface area contributed by atoms with E-state index in [0.29, 0.717) is 35.3 Å². The average Bonchev–Trinajstić information content (AvgIpc) is 3.19. The molecule has 1 unspecified atom stereocenters. The quantitative estimate of drug-likeness (QED) is 0.623. The summed E-state index contributed by atoms with van der Waals surface area (Å²) in [6, 6.07) is 3.01. The van der Waals surface area contributed by atoms with Gasteiger partial charge in [-0.1, -0.05) is 0 Å². The number of amides is 2. The summed E-state index contributed by atoms with van der Waals surface area (Å²) in [5.41, 5.74) is 6.46. The third-order valence-electron chi connectivity index (χ3n) is 3.13. The van der Waals surface area contributed by atoms with Gasteiger partial charge < -0.3 is 20.8 Å². The maximum absolute atomic E-state index is 12.0. The molecule has 1 atom stereocenters. The summed E-state index contributed by atoms with van der Waals surface area (Å²) in [5.74, 6) is 1.69. The van der Waals surface area contributed by atoms with Gasteiger partial charge in [-0.3, -0.25) is 9.59 Å². The van der Waals surface area contributed by atoms with Crippen molar-refractivity contribution in [3.63, 3.8) is 0 Å². The minimum Gasteiger partial charge on any atom is -0.458 e. The highest BCUT2D eigenvalue weighted by atomic mass is 35.5. The Morgan fingerprint density at radius 3 is 2.88 bits per heavy atom. The number of hydrogen-bond acceptors (Lipinski definition) is 7. The van der Waals surface area contributed by atoms with Gasteiger partial charge >= 0.3 is 0 Å². The number of halogens is 1. The Balaban J connectivity index is 0.00000312. The van der Waals surface area contributed by atoms with Crippen LogP contribution in [0.2, 0.25) is 0 Å². The maximum Gasteiger partial charge on any atom is 0.243 e. The topological polar surface area (TPSA) is 110 Å². The average molecular weight is 405 g/mol. The van der Waals surface area contributed by atoms with E-state index in [4.69, 9.17) is 10.2 Å². The van der Waals surface area contributed by atoms with Crippen molar-refractivity contribution in [2.75, 3.05) is 17.3 Å². The fourth-order valence-electron chi connectivity index (χ4n) is 1.84. The van der Waals surface area contributed by atoms with Crippen LogP contribution in [0.5, 0.6) is 0 Å². The van der Waals surface area contributed by atoms with Crippen LogP contribution in [0.15, 0.2) is 21.9 Å². The Labute approximate surface area is 160 Å². The number of rotatable bonds is 8. The molecule has 2 aromatic rings. The second kappa shape index (κ2) is 10.4. The Bertz CT molecular complexity index is 705. The summed E-state index contributed by atoms with van der Waals surface area (Å²) in [7, 11) is 0. The molecular formula is C15H21ClN4O3S2. The number of anilines is 1. The van der Waals surface area contributed by atoms with Crippen molar-refractivity contribution in [1.29, 1.82) is 0 Å². The fourth-order valence-corrected chi connectivity index (χ4v) is 3.03. The molecule has 2 heterocycles. The van der Waals surface area contributed by atoms with Crippen molar-refractivity contribution in [3.8, 4) is 11.5 Å². The van der Waals surface area contributed by atoms with Crippen LogP contribution in [0.1, 0.15) is 19.1 Å². The summed E-state index contributed by atoms with van der Waals surface area (Å²) < 4.78 is 5.63. The molecule has 7 nitrogen and oxygen atoms in total. The number of thiazole rings is 1. The molecule has 2 amide bonds. The molecule has 0 radical (unpaired) electrons. The lowest BCUT2D eigenvalue weighted by molar-refractivity contribution is -0.119. The number of nitrogens with one attached hydrogen (secondary N) is 2. The van der Waals surface area contributed by atoms with Crippen LogP contribution in [0.4, 0.5) is 5.13 Å². The summed E-state index contributed by atoms with van der Waals surface area (Å²) in [6.45, 7) is 1.77. The van der Waals surface area contributed by atoms with Crippen LogP contribution >= 0.6 is 35.5 Å². The summed E-state index contributed by atoms with van der Waals surface area (Å²) >= 11 is 2.96. The minimum absolute atomic E-state index is 0. The highest BCUT2D eigenvalue weighted by molar-refractivity contribution is 7.98. The molecular weight excluding hydrogens is 384 g/mol. The number of carbonyl (C=O) groups excluding carboxylic acids is 2. The van der Waals surface area contributed by atoms with Crippen LogP contribution in [0.25, 0.3) is 11.5 Å². The van der Waals surface area contributed by atoms with Gasteiger partial charge in [0.1, 0.15) is 11.5 Å². The van der Waals surface area contributed by atoms with Gasteiger partial charge in [0.05, 0.1) is 12.6 Å². The number of furan rings is 1. The molecule has 0 aliphatic rings. The van der Waals surface area contributed by atoms with Crippen molar-refractivity contribution >= 4 is 52.5 Å². The summed E-state index contributed by atoms with van der Waals surface area (Å²) in [6.07, 6.45) is 2.59. The van der Waals surface area contributed by atoms with E-state index in [1.165, 1.54) is 18.3 Å². The monoisotopic (exact) mass is 404 g/mol. The molecule has 0 bridgehead atoms. The molecule has 2 rings (SSSR count). The van der Waals surface area contributed by atoms with Gasteiger partial charge in [0.15, 0.2) is 10.9 Å². The van der Waals surface area contributed by atoms with Gasteiger partial charge in [0, 0.05) is 12.3 Å². The Hall–Kier alpha value is -1.55. The number of carbonyl (C=O) groups is 2. The Morgan fingerprint density at radius 2 is 2.20 bits per heavy atom. The third-order valence-corrected chi connectivity index (χ3v) is 4.53. The van der Waals surface area contributed by atoms with E-state index in [2.05, 4.69) is 15.6 Å². The lowest BCUT2D eigenvalue weighted by Gasteiger charge is -2.09. The second-order valence-electron chi connectivity index (χ2n) is 5.09. The molecule has 0 saturated heterocycles. The van der Waals surface area contributed by atoms with Gasteiger partial charge in [-0.25, -0.2) is 4.98 Å². The predicted molar refractivity (Wildman–Crippen MR) is 104 cm³/mol. The molecule has 0 saturated carbocycles. The zero-order chi connectivity index (χ0) is 17.5. The van der Waals surface area contributed by atoms with Crippen molar-refractivity contribution < 1.29 is 14.0 Å². The fraction of sp³-hybridized carbons (Fsp3) is 0.400. The smallest absolute Gasteiger partial charge is 0.243 e. The molecule has 2 aromatic heterocycles. The molecule has 0 aromatic carbocycles. The van der Waals surface area contributed by atoms with E-state index < -0.39 is 6.04 Å². The first kappa shape index (κ1) is 21.5. The predicted octanol–water partition coefficient (Wildman–Crippen LogP) is 2.48. The van der Waals surface area contributed by atoms with Crippen LogP contribution in [0.3, 0.4) is 0 Å². The molecule has 25 heavy (non-hydrogen) atoms. The summed E-state index contributed by atoms with van der Waals surface area (Å²) in [4.78, 5) is 27.2. The van der Waals surface area contributed by atoms with E-state index in [1.807, 2.05) is 6.26 Å². The third kappa shape index (κ3) is 6.69. The van der Waals surface area contributed by atoms with Gasteiger partial charge in [-0.15, -0.1) is 23.7 Å². The Kier molecular flexibility index (Phi) is 8.98. The highest BCUT2D eigenvalue weighted by Crippen LogP contribution is 2.26. The first-order valence-electron chi connectivity index (χ1n) is 7.34. The van der Waals surface area contributed by atoms with E-state index in [-0.39, 0.29) is 24.2 Å². The van der Waals surface area contributed by atoms with Crippen LogP contribution in [-0.2, 0) is 16.1 Å². The molecule has 138 valence electrons. The molecule has 0 fully saturated rings. The van der Waals surface area contributed by atoms with E-state index in [0.717, 1.165) is 5.75 Å². The van der Waals surface area contributed by atoms with Crippen molar-refractivity contribution in [2.24, 2.45) is 5.73 Å². The zero-order valence-electron chi connectivity index (χ0n) is 13.9. The van der Waals surface area contributed by atoms with Crippen LogP contribution in [0, 0.1) is 0 Å². The first-order valence-corrected chi connectivity index (χ1v) is 9.61. The molecule has 0 aliphatic heterocycles. The van der Waals surface area contributed by atoms with Gasteiger partial charge in [-0.05, 0) is 30.6 Å². The molecule has 0 spiro atoms. The van der Waals surface area contributed by atoms with Gasteiger partial charge in [0.25, 0.3) is 0 Å². The number of aromatic nitrogens is 1. The molecule has 4 N–H and O–H groups in total. The molecule has 10 heteroatoms. The SMILES string of the molecule is CSCCC(N)C(=O)Nc1nc(-c2ccc(CNC(C)=O)o2)cs1.Cl. The zero-order valence-corrected chi connectivity index (χ0v) is 16.4. The van der Waals surface area contributed by atoms with E-state index in [1.54, 1.807) is 29.3 Å². The number of nitrogens with two attached hydrogens (primary N) is 1. The second-order valence-corrected chi connectivity index (χ2v) is 6.93. The maximum atomic E-state index is 12.0. The molecule has 0 aliphatic carbocycles. The van der Waals surface area contributed by atoms with Crippen LogP contribution < -0.4 is 16.4 Å². The lowest BCUT2D eigenvalue weighted by atomic mass is 10.2. The van der Waals surface area contributed by atoms with Crippen LogP contribution in [-0.4, -0.2) is 34.8 Å². The van der Waals surface area contributed by atoms with Crippen molar-refractivity contribution in [1.82, 2.24) is 10.3 Å². The Morgan fingerprint density at radius 1 is 1.44 bits per heavy atom. The summed E-state index contributed by atoms with van der Waals surface area (Å²) in [5, 5.41) is 7.66. The lowest BCUT2D eigenvalue weighted by Crippen LogP contribution is -2.36. The van der Waals surface area contributed by atoms with Gasteiger partial charge in [-0.2, -0.15) is 11.8 Å². The van der Waals surface area contributed by atoms with Crippen molar-refractivity contribution in [2.45, 2.75) is 25.9 Å². The largest absolute Gasteiger partial charge is 0.458 e. The van der Waals surface area contributed by atoms with Crippen molar-refractivity contribution in [3.05, 3.63) is 23.3 Å². The normalized spacial score (nSPS) is 11.5. The highest BCUT2D eigenvalue weighted by Gasteiger charge is 2.16.